The van der Waals surface area contributed by atoms with E-state index in [-0.39, 0.29) is 11.5 Å². The molecule has 0 aliphatic heterocycles. The van der Waals surface area contributed by atoms with Gasteiger partial charge in [-0.1, -0.05) is 40.7 Å². The molecule has 0 bridgehead atoms. The zero-order valence-corrected chi connectivity index (χ0v) is 18.0. The van der Waals surface area contributed by atoms with E-state index >= 15 is 0 Å². The second kappa shape index (κ2) is 8.89. The van der Waals surface area contributed by atoms with E-state index in [1.807, 2.05) is 24.3 Å². The summed E-state index contributed by atoms with van der Waals surface area (Å²) in [6.07, 6.45) is 0. The van der Waals surface area contributed by atoms with Crippen molar-refractivity contribution in [3.63, 3.8) is 0 Å². The van der Waals surface area contributed by atoms with Gasteiger partial charge in [0.05, 0.1) is 4.90 Å². The minimum absolute atomic E-state index is 0.182. The molecule has 0 aliphatic carbocycles. The standard InChI is InChI=1S/C18H21BrN4O4S/c1-3-22(4-2)28(24,25)16-8-9-17-18(13-16)23(21-20-17)27-11-10-26-15-7-5-6-14(19)12-15/h5-9,12-13H,3-4,10-11H2,1-2H3. The summed E-state index contributed by atoms with van der Waals surface area (Å²) >= 11 is 3.39. The van der Waals surface area contributed by atoms with Crippen LogP contribution in [-0.4, -0.2) is 54.2 Å². The number of benzene rings is 2. The number of hydrogen-bond acceptors (Lipinski definition) is 6. The van der Waals surface area contributed by atoms with Gasteiger partial charge in [0.25, 0.3) is 0 Å². The molecule has 0 radical (unpaired) electrons. The molecule has 0 fully saturated rings. The Morgan fingerprint density at radius 1 is 1.11 bits per heavy atom. The van der Waals surface area contributed by atoms with Crippen molar-refractivity contribution in [3.05, 3.63) is 46.9 Å². The first-order valence-corrected chi connectivity index (χ1v) is 11.1. The first kappa shape index (κ1) is 20.6. The molecule has 1 aromatic heterocycles. The van der Waals surface area contributed by atoms with Gasteiger partial charge in [0.2, 0.25) is 10.0 Å². The Hall–Kier alpha value is -2.17. The molecular formula is C18H21BrN4O4S. The van der Waals surface area contributed by atoms with E-state index < -0.39 is 10.0 Å². The van der Waals surface area contributed by atoms with Crippen molar-refractivity contribution in [2.45, 2.75) is 18.7 Å². The minimum atomic E-state index is -3.57. The number of fused-ring (bicyclic) bond motifs is 1. The van der Waals surface area contributed by atoms with Crippen LogP contribution in [0.2, 0.25) is 0 Å². The quantitative estimate of drug-likeness (QED) is 0.448. The van der Waals surface area contributed by atoms with Gasteiger partial charge in [-0.15, -0.1) is 5.10 Å². The van der Waals surface area contributed by atoms with E-state index in [2.05, 4.69) is 26.2 Å². The number of aromatic nitrogens is 3. The molecule has 0 saturated heterocycles. The van der Waals surface area contributed by atoms with Crippen LogP contribution < -0.4 is 9.57 Å². The summed E-state index contributed by atoms with van der Waals surface area (Å²) in [6, 6.07) is 12.2. The third-order valence-corrected chi connectivity index (χ3v) is 6.63. The summed E-state index contributed by atoms with van der Waals surface area (Å²) in [4.78, 5) is 6.99. The lowest BCUT2D eigenvalue weighted by atomic mass is 10.3. The maximum Gasteiger partial charge on any atom is 0.243 e. The highest BCUT2D eigenvalue weighted by molar-refractivity contribution is 9.10. The number of ether oxygens (including phenoxy) is 1. The summed E-state index contributed by atoms with van der Waals surface area (Å²) in [7, 11) is -3.57. The minimum Gasteiger partial charge on any atom is -0.490 e. The first-order valence-electron chi connectivity index (χ1n) is 8.83. The van der Waals surface area contributed by atoms with Crippen LogP contribution in [0.4, 0.5) is 0 Å². The van der Waals surface area contributed by atoms with E-state index in [0.717, 1.165) is 4.47 Å². The molecule has 0 aliphatic rings. The van der Waals surface area contributed by atoms with Crippen molar-refractivity contribution in [2.24, 2.45) is 0 Å². The molecule has 150 valence electrons. The number of halogens is 1. The monoisotopic (exact) mass is 468 g/mol. The van der Waals surface area contributed by atoms with Crippen LogP contribution in [0.5, 0.6) is 5.75 Å². The van der Waals surface area contributed by atoms with E-state index in [0.29, 0.717) is 36.5 Å². The van der Waals surface area contributed by atoms with Gasteiger partial charge >= 0.3 is 0 Å². The van der Waals surface area contributed by atoms with Crippen molar-refractivity contribution < 1.29 is 18.0 Å². The van der Waals surface area contributed by atoms with Gasteiger partial charge in [0.15, 0.2) is 6.61 Å². The molecule has 3 aromatic rings. The molecule has 2 aromatic carbocycles. The fraction of sp³-hybridized carbons (Fsp3) is 0.333. The first-order chi connectivity index (χ1) is 13.5. The van der Waals surface area contributed by atoms with E-state index in [9.17, 15) is 8.42 Å². The zero-order chi connectivity index (χ0) is 20.1. The molecule has 0 atom stereocenters. The van der Waals surface area contributed by atoms with Crippen LogP contribution in [0.1, 0.15) is 13.8 Å². The fourth-order valence-corrected chi connectivity index (χ4v) is 4.54. The van der Waals surface area contributed by atoms with Gasteiger partial charge in [0.1, 0.15) is 23.4 Å². The molecule has 0 N–H and O–H groups in total. The van der Waals surface area contributed by atoms with Crippen molar-refractivity contribution in [1.82, 2.24) is 19.5 Å². The zero-order valence-electron chi connectivity index (χ0n) is 15.6. The molecule has 0 spiro atoms. The van der Waals surface area contributed by atoms with Crippen LogP contribution in [0, 0.1) is 0 Å². The van der Waals surface area contributed by atoms with E-state index in [1.54, 1.807) is 19.9 Å². The Morgan fingerprint density at radius 2 is 1.89 bits per heavy atom. The third kappa shape index (κ3) is 4.45. The summed E-state index contributed by atoms with van der Waals surface area (Å²) in [5.41, 5.74) is 1.03. The van der Waals surface area contributed by atoms with Crippen molar-refractivity contribution >= 4 is 37.0 Å². The molecule has 1 heterocycles. The highest BCUT2D eigenvalue weighted by Gasteiger charge is 2.22. The van der Waals surface area contributed by atoms with Gasteiger partial charge < -0.3 is 9.57 Å². The van der Waals surface area contributed by atoms with Crippen LogP contribution >= 0.6 is 15.9 Å². The fourth-order valence-electron chi connectivity index (χ4n) is 2.69. The summed E-state index contributed by atoms with van der Waals surface area (Å²) < 4.78 is 33.4. The van der Waals surface area contributed by atoms with Crippen LogP contribution in [0.15, 0.2) is 51.8 Å². The van der Waals surface area contributed by atoms with Gasteiger partial charge in [-0.2, -0.15) is 4.31 Å². The summed E-state index contributed by atoms with van der Waals surface area (Å²) in [5, 5.41) is 7.94. The van der Waals surface area contributed by atoms with Crippen molar-refractivity contribution in [1.29, 1.82) is 0 Å². The SMILES string of the molecule is CCN(CC)S(=O)(=O)c1ccc2nnn(OCCOc3cccc(Br)c3)c2c1. The highest BCUT2D eigenvalue weighted by atomic mass is 79.9. The average Bonchev–Trinajstić information content (AvgIpc) is 3.08. The topological polar surface area (TPSA) is 86.6 Å². The molecule has 8 nitrogen and oxygen atoms in total. The summed E-state index contributed by atoms with van der Waals surface area (Å²) in [5.74, 6) is 0.717. The molecular weight excluding hydrogens is 448 g/mol. The van der Waals surface area contributed by atoms with Crippen LogP contribution in [0.3, 0.4) is 0 Å². The van der Waals surface area contributed by atoms with Gasteiger partial charge in [-0.3, -0.25) is 0 Å². The molecule has 28 heavy (non-hydrogen) atoms. The van der Waals surface area contributed by atoms with Crippen LogP contribution in [0.25, 0.3) is 11.0 Å². The van der Waals surface area contributed by atoms with E-state index in [1.165, 1.54) is 21.3 Å². The van der Waals surface area contributed by atoms with Crippen molar-refractivity contribution in [2.75, 3.05) is 26.3 Å². The number of rotatable bonds is 9. The lowest BCUT2D eigenvalue weighted by molar-refractivity contribution is 0.0639. The third-order valence-electron chi connectivity index (χ3n) is 4.09. The highest BCUT2D eigenvalue weighted by Crippen LogP contribution is 2.20. The second-order valence-electron chi connectivity index (χ2n) is 5.84. The Bertz CT molecular complexity index is 1050. The largest absolute Gasteiger partial charge is 0.490 e. The van der Waals surface area contributed by atoms with Crippen LogP contribution in [-0.2, 0) is 10.0 Å². The van der Waals surface area contributed by atoms with Gasteiger partial charge in [-0.25, -0.2) is 8.42 Å². The number of nitrogens with zero attached hydrogens (tertiary/aromatic N) is 4. The molecule has 0 saturated carbocycles. The van der Waals surface area contributed by atoms with E-state index in [4.69, 9.17) is 9.57 Å². The Balaban J connectivity index is 1.72. The number of sulfonamides is 1. The molecule has 10 heteroatoms. The Labute approximate surface area is 172 Å². The molecule has 0 unspecified atom stereocenters. The average molecular weight is 469 g/mol. The molecule has 0 amide bonds. The lowest BCUT2D eigenvalue weighted by Gasteiger charge is -2.18. The Kier molecular flexibility index (Phi) is 6.53. The lowest BCUT2D eigenvalue weighted by Crippen LogP contribution is -2.30. The summed E-state index contributed by atoms with van der Waals surface area (Å²) in [6.45, 7) is 4.93. The second-order valence-corrected chi connectivity index (χ2v) is 8.69. The normalized spacial score (nSPS) is 11.9. The van der Waals surface area contributed by atoms with Gasteiger partial charge in [-0.05, 0) is 41.6 Å². The van der Waals surface area contributed by atoms with Gasteiger partial charge in [0, 0.05) is 17.6 Å². The number of hydrogen-bond donors (Lipinski definition) is 0. The predicted octanol–water partition coefficient (Wildman–Crippen LogP) is 2.73. The van der Waals surface area contributed by atoms with Crippen molar-refractivity contribution in [3.8, 4) is 5.75 Å². The predicted molar refractivity (Wildman–Crippen MR) is 109 cm³/mol. The Morgan fingerprint density at radius 3 is 2.61 bits per heavy atom. The molecule has 3 rings (SSSR count). The maximum absolute atomic E-state index is 12.7. The maximum atomic E-state index is 12.7. The smallest absolute Gasteiger partial charge is 0.243 e.